The summed E-state index contributed by atoms with van der Waals surface area (Å²) in [5, 5.41) is 15.7. The number of aromatic amines is 1. The highest BCUT2D eigenvalue weighted by molar-refractivity contribution is 6.32. The predicted octanol–water partition coefficient (Wildman–Crippen LogP) is 2.49. The average molecular weight is 472 g/mol. The van der Waals surface area contributed by atoms with Gasteiger partial charge in [-0.15, -0.1) is 0 Å². The number of carbonyl (C=O) groups excluding carboxylic acids is 1. The molecule has 1 fully saturated rings. The van der Waals surface area contributed by atoms with Crippen LogP contribution in [0.25, 0.3) is 11.1 Å². The number of morpholine rings is 1. The molecule has 2 aromatic carbocycles. The van der Waals surface area contributed by atoms with Gasteiger partial charge in [0, 0.05) is 42.9 Å². The van der Waals surface area contributed by atoms with Crippen molar-refractivity contribution in [1.29, 1.82) is 5.26 Å². The highest BCUT2D eigenvalue weighted by Gasteiger charge is 2.22. The van der Waals surface area contributed by atoms with E-state index in [0.29, 0.717) is 37.7 Å². The molecule has 1 aromatic heterocycles. The molecule has 0 atom stereocenters. The second kappa shape index (κ2) is 9.44. The van der Waals surface area contributed by atoms with E-state index in [2.05, 4.69) is 10.2 Å². The number of aromatic nitrogens is 3. The Balaban J connectivity index is 1.73. The van der Waals surface area contributed by atoms with Gasteiger partial charge in [0.05, 0.1) is 23.8 Å². The Hall–Kier alpha value is -3.68. The zero-order valence-corrected chi connectivity index (χ0v) is 18.4. The Morgan fingerprint density at radius 1 is 1.30 bits per heavy atom. The monoisotopic (exact) mass is 471 g/mol. The topological polar surface area (TPSA) is 113 Å². The Morgan fingerprint density at radius 2 is 2.06 bits per heavy atom. The first-order valence-corrected chi connectivity index (χ1v) is 10.4. The SMILES string of the molecule is Cn1c(COc2cc(Cl)c(C#N)cc2-c2cc(C(=O)N3CCOCC3)ccc2F)n[nH]c1=O. The van der Waals surface area contributed by atoms with Gasteiger partial charge in [-0.25, -0.2) is 14.3 Å². The summed E-state index contributed by atoms with van der Waals surface area (Å²) in [5.74, 6) is -0.368. The van der Waals surface area contributed by atoms with E-state index >= 15 is 0 Å². The zero-order valence-electron chi connectivity index (χ0n) is 17.6. The lowest BCUT2D eigenvalue weighted by Crippen LogP contribution is -2.40. The van der Waals surface area contributed by atoms with Crippen LogP contribution in [0.5, 0.6) is 5.75 Å². The maximum absolute atomic E-state index is 14.9. The van der Waals surface area contributed by atoms with Gasteiger partial charge >= 0.3 is 5.69 Å². The number of carbonyl (C=O) groups is 1. The number of amides is 1. The van der Waals surface area contributed by atoms with Crippen molar-refractivity contribution in [1.82, 2.24) is 19.7 Å². The number of H-pyrrole nitrogens is 1. The Bertz CT molecular complexity index is 1310. The Labute approximate surface area is 192 Å². The largest absolute Gasteiger partial charge is 0.485 e. The van der Waals surface area contributed by atoms with Crippen LogP contribution in [0.3, 0.4) is 0 Å². The van der Waals surface area contributed by atoms with Gasteiger partial charge in [-0.05, 0) is 24.3 Å². The molecule has 1 aliphatic heterocycles. The summed E-state index contributed by atoms with van der Waals surface area (Å²) in [6, 6.07) is 8.81. The molecular weight excluding hydrogens is 453 g/mol. The van der Waals surface area contributed by atoms with Gasteiger partial charge in [-0.2, -0.15) is 10.4 Å². The van der Waals surface area contributed by atoms with Crippen LogP contribution in [-0.2, 0) is 18.4 Å². The lowest BCUT2D eigenvalue weighted by molar-refractivity contribution is 0.0303. The van der Waals surface area contributed by atoms with Crippen LogP contribution in [-0.4, -0.2) is 51.9 Å². The average Bonchev–Trinajstić information content (AvgIpc) is 3.15. The molecule has 1 amide bonds. The molecular formula is C22H19ClFN5O4. The molecule has 0 saturated carbocycles. The van der Waals surface area contributed by atoms with E-state index in [1.807, 2.05) is 6.07 Å². The van der Waals surface area contributed by atoms with Crippen LogP contribution in [0.15, 0.2) is 35.1 Å². The molecule has 3 aromatic rings. The standard InChI is InChI=1S/C22H19ClFN5O4/c1-28-20(26-27-22(28)31)12-33-19-10-17(23)14(11-25)9-16(19)15-8-13(2-3-18(15)24)21(30)29-4-6-32-7-5-29/h2-3,8-10H,4-7,12H2,1H3,(H,27,31). The summed E-state index contributed by atoms with van der Waals surface area (Å²) in [6.45, 7) is 1.66. The number of nitrogens with zero attached hydrogens (tertiary/aromatic N) is 4. The molecule has 4 rings (SSSR count). The molecule has 1 aliphatic rings. The molecule has 2 heterocycles. The first-order chi connectivity index (χ1) is 15.9. The number of rotatable bonds is 5. The van der Waals surface area contributed by atoms with Crippen LogP contribution in [0.1, 0.15) is 21.7 Å². The number of hydrogen-bond acceptors (Lipinski definition) is 6. The van der Waals surface area contributed by atoms with Gasteiger partial charge in [0.25, 0.3) is 5.91 Å². The number of nitrogens with one attached hydrogen (secondary N) is 1. The van der Waals surface area contributed by atoms with E-state index in [-0.39, 0.29) is 40.0 Å². The molecule has 170 valence electrons. The fourth-order valence-electron chi connectivity index (χ4n) is 3.44. The van der Waals surface area contributed by atoms with Crippen molar-refractivity contribution in [3.05, 3.63) is 68.6 Å². The number of benzene rings is 2. The molecule has 0 spiro atoms. The number of nitriles is 1. The quantitative estimate of drug-likeness (QED) is 0.611. The predicted molar refractivity (Wildman–Crippen MR) is 116 cm³/mol. The second-order valence-electron chi connectivity index (χ2n) is 7.33. The fourth-order valence-corrected chi connectivity index (χ4v) is 3.63. The minimum Gasteiger partial charge on any atom is -0.485 e. The van der Waals surface area contributed by atoms with Crippen molar-refractivity contribution in [3.63, 3.8) is 0 Å². The number of halogens is 2. The van der Waals surface area contributed by atoms with Crippen molar-refractivity contribution in [2.24, 2.45) is 7.05 Å². The summed E-state index contributed by atoms with van der Waals surface area (Å²) in [7, 11) is 1.53. The Kier molecular flexibility index (Phi) is 6.44. The van der Waals surface area contributed by atoms with E-state index in [4.69, 9.17) is 21.1 Å². The summed E-state index contributed by atoms with van der Waals surface area (Å²) in [5.41, 5.74) is 0.323. The summed E-state index contributed by atoms with van der Waals surface area (Å²) in [4.78, 5) is 26.1. The van der Waals surface area contributed by atoms with Gasteiger partial charge in [0.15, 0.2) is 5.82 Å². The zero-order chi connectivity index (χ0) is 23.5. The molecule has 9 nitrogen and oxygen atoms in total. The minimum atomic E-state index is -0.600. The van der Waals surface area contributed by atoms with Gasteiger partial charge in [-0.3, -0.25) is 9.36 Å². The lowest BCUT2D eigenvalue weighted by atomic mass is 9.99. The van der Waals surface area contributed by atoms with Crippen LogP contribution >= 0.6 is 11.6 Å². The first-order valence-electron chi connectivity index (χ1n) is 10.0. The van der Waals surface area contributed by atoms with Crippen molar-refractivity contribution < 1.29 is 18.7 Å². The highest BCUT2D eigenvalue weighted by Crippen LogP contribution is 2.37. The van der Waals surface area contributed by atoms with Crippen LogP contribution in [0.2, 0.25) is 5.02 Å². The van der Waals surface area contributed by atoms with Crippen LogP contribution < -0.4 is 10.4 Å². The molecule has 11 heteroatoms. The van der Waals surface area contributed by atoms with E-state index in [9.17, 15) is 19.2 Å². The summed E-state index contributed by atoms with van der Waals surface area (Å²) >= 11 is 6.18. The number of hydrogen-bond donors (Lipinski definition) is 1. The molecule has 0 bridgehead atoms. The van der Waals surface area contributed by atoms with Crippen molar-refractivity contribution in [2.45, 2.75) is 6.61 Å². The van der Waals surface area contributed by atoms with Gasteiger partial charge in [0.2, 0.25) is 0 Å². The summed E-state index contributed by atoms with van der Waals surface area (Å²) in [6.07, 6.45) is 0. The van der Waals surface area contributed by atoms with E-state index in [0.717, 1.165) is 0 Å². The lowest BCUT2D eigenvalue weighted by Gasteiger charge is -2.27. The molecule has 33 heavy (non-hydrogen) atoms. The first kappa shape index (κ1) is 22.5. The third-order valence-electron chi connectivity index (χ3n) is 5.32. The van der Waals surface area contributed by atoms with Crippen molar-refractivity contribution >= 4 is 17.5 Å². The van der Waals surface area contributed by atoms with E-state index in [1.54, 1.807) is 4.90 Å². The van der Waals surface area contributed by atoms with Gasteiger partial charge < -0.3 is 14.4 Å². The summed E-state index contributed by atoms with van der Waals surface area (Å²) < 4.78 is 27.3. The fraction of sp³-hybridized carbons (Fsp3) is 0.273. The third-order valence-corrected chi connectivity index (χ3v) is 5.63. The number of ether oxygens (including phenoxy) is 2. The van der Waals surface area contributed by atoms with Gasteiger partial charge in [-0.1, -0.05) is 11.6 Å². The Morgan fingerprint density at radius 3 is 2.73 bits per heavy atom. The normalized spacial score (nSPS) is 13.6. The maximum Gasteiger partial charge on any atom is 0.343 e. The smallest absolute Gasteiger partial charge is 0.343 e. The minimum absolute atomic E-state index is 0.0770. The maximum atomic E-state index is 14.9. The molecule has 1 N–H and O–H groups in total. The molecule has 1 saturated heterocycles. The second-order valence-corrected chi connectivity index (χ2v) is 7.74. The van der Waals surface area contributed by atoms with E-state index < -0.39 is 11.5 Å². The van der Waals surface area contributed by atoms with Crippen LogP contribution in [0.4, 0.5) is 4.39 Å². The highest BCUT2D eigenvalue weighted by atomic mass is 35.5. The van der Waals surface area contributed by atoms with Crippen LogP contribution in [0, 0.1) is 17.1 Å². The molecule has 0 aliphatic carbocycles. The van der Waals surface area contributed by atoms with Crippen molar-refractivity contribution in [3.8, 4) is 22.9 Å². The van der Waals surface area contributed by atoms with Gasteiger partial charge in [0.1, 0.15) is 24.2 Å². The van der Waals surface area contributed by atoms with Crippen molar-refractivity contribution in [2.75, 3.05) is 26.3 Å². The molecule has 0 unspecified atom stereocenters. The van der Waals surface area contributed by atoms with E-state index in [1.165, 1.54) is 41.9 Å². The molecule has 0 radical (unpaired) electrons. The third kappa shape index (κ3) is 4.60.